The molecule has 0 aliphatic carbocycles. The fraction of sp³-hybridized carbons (Fsp3) is 0.167. The molecule has 0 aliphatic heterocycles. The molecular weight excluding hydrogens is 308 g/mol. The minimum absolute atomic E-state index is 0.342. The molecule has 0 aliphatic rings. The Morgan fingerprint density at radius 1 is 0.958 bits per heavy atom. The van der Waals surface area contributed by atoms with Crippen LogP contribution in [0.2, 0.25) is 0 Å². The fourth-order valence-electron chi connectivity index (χ4n) is 2.22. The smallest absolute Gasteiger partial charge is 0.338 e. The third-order valence-corrected chi connectivity index (χ3v) is 3.24. The van der Waals surface area contributed by atoms with Crippen molar-refractivity contribution in [3.05, 3.63) is 64.7 Å². The molecule has 0 aromatic heterocycles. The van der Waals surface area contributed by atoms with E-state index in [-0.39, 0.29) is 0 Å². The van der Waals surface area contributed by atoms with Crippen LogP contribution in [0.1, 0.15) is 31.8 Å². The van der Waals surface area contributed by atoms with Crippen molar-refractivity contribution in [2.45, 2.75) is 13.8 Å². The van der Waals surface area contributed by atoms with E-state index in [0.29, 0.717) is 16.8 Å². The monoisotopic (exact) mass is 326 g/mol. The first-order valence-electron chi connectivity index (χ1n) is 7.30. The van der Waals surface area contributed by atoms with Crippen LogP contribution in [0.3, 0.4) is 0 Å². The summed E-state index contributed by atoms with van der Waals surface area (Å²) in [5, 5.41) is 2.57. The Balaban J connectivity index is 1.90. The van der Waals surface area contributed by atoms with Crippen molar-refractivity contribution in [1.82, 2.24) is 0 Å². The molecule has 124 valence electrons. The first-order valence-corrected chi connectivity index (χ1v) is 7.30. The van der Waals surface area contributed by atoms with Gasteiger partial charge in [-0.2, -0.15) is 0 Å². The largest absolute Gasteiger partial charge is 0.452 e. The molecule has 0 atom stereocenters. The van der Waals surface area contributed by atoms with E-state index in [1.54, 1.807) is 24.3 Å². The minimum atomic E-state index is -0.555. The van der Waals surface area contributed by atoms with Gasteiger partial charge in [0.2, 0.25) is 5.91 Å². The van der Waals surface area contributed by atoms with Crippen LogP contribution in [0.4, 0.5) is 5.69 Å². The fourth-order valence-corrected chi connectivity index (χ4v) is 2.22. The summed E-state index contributed by atoms with van der Waals surface area (Å²) in [5.74, 6) is -1.57. The van der Waals surface area contributed by atoms with E-state index in [2.05, 4.69) is 5.32 Å². The van der Waals surface area contributed by atoms with E-state index < -0.39 is 24.4 Å². The maximum Gasteiger partial charge on any atom is 0.338 e. The zero-order valence-corrected chi connectivity index (χ0v) is 13.5. The topological polar surface area (TPSA) is 98.5 Å². The van der Waals surface area contributed by atoms with Crippen molar-refractivity contribution in [3.8, 4) is 0 Å². The molecule has 0 radical (unpaired) electrons. The summed E-state index contributed by atoms with van der Waals surface area (Å²) in [6.45, 7) is 3.36. The molecule has 0 saturated carbocycles. The van der Waals surface area contributed by atoms with Crippen LogP contribution < -0.4 is 11.1 Å². The Morgan fingerprint density at radius 3 is 2.08 bits per heavy atom. The Labute approximate surface area is 139 Å². The number of anilines is 1. The molecule has 0 spiro atoms. The number of amides is 2. The summed E-state index contributed by atoms with van der Waals surface area (Å²) in [6, 6.07) is 11.4. The van der Waals surface area contributed by atoms with Gasteiger partial charge in [-0.25, -0.2) is 4.79 Å². The van der Waals surface area contributed by atoms with Crippen LogP contribution in [0, 0.1) is 13.8 Å². The molecular formula is C18H18N2O4. The molecule has 0 unspecified atom stereocenters. The first kappa shape index (κ1) is 17.2. The van der Waals surface area contributed by atoms with E-state index in [1.165, 1.54) is 12.1 Å². The lowest BCUT2D eigenvalue weighted by Gasteiger charge is -2.08. The van der Waals surface area contributed by atoms with Crippen molar-refractivity contribution in [2.24, 2.45) is 5.73 Å². The van der Waals surface area contributed by atoms with Gasteiger partial charge in [0, 0.05) is 11.3 Å². The van der Waals surface area contributed by atoms with Crippen molar-refractivity contribution in [1.29, 1.82) is 0 Å². The Bertz CT molecular complexity index is 762. The Morgan fingerprint density at radius 2 is 1.54 bits per heavy atom. The molecule has 2 aromatic carbocycles. The SMILES string of the molecule is Cc1cc(C)cc(C(=O)OCC(=O)Nc2ccc(C(N)=O)cc2)c1. The summed E-state index contributed by atoms with van der Waals surface area (Å²) in [5.41, 5.74) is 8.26. The number of hydrogen-bond acceptors (Lipinski definition) is 4. The van der Waals surface area contributed by atoms with E-state index in [4.69, 9.17) is 10.5 Å². The predicted octanol–water partition coefficient (Wildman–Crippen LogP) is 2.20. The molecule has 0 saturated heterocycles. The Kier molecular flexibility index (Phi) is 5.31. The molecule has 6 heteroatoms. The van der Waals surface area contributed by atoms with Gasteiger partial charge in [0.15, 0.2) is 6.61 Å². The second-order valence-electron chi connectivity index (χ2n) is 5.44. The van der Waals surface area contributed by atoms with Crippen LogP contribution in [0.15, 0.2) is 42.5 Å². The normalized spacial score (nSPS) is 10.1. The van der Waals surface area contributed by atoms with E-state index in [9.17, 15) is 14.4 Å². The molecule has 2 amide bonds. The van der Waals surface area contributed by atoms with Crippen LogP contribution in [0.25, 0.3) is 0 Å². The lowest BCUT2D eigenvalue weighted by atomic mass is 10.1. The van der Waals surface area contributed by atoms with Gasteiger partial charge in [-0.15, -0.1) is 0 Å². The average molecular weight is 326 g/mol. The first-order chi connectivity index (χ1) is 11.3. The standard InChI is InChI=1S/C18H18N2O4/c1-11-7-12(2)9-14(8-11)18(23)24-10-16(21)20-15-5-3-13(4-6-15)17(19)22/h3-9H,10H2,1-2H3,(H2,19,22)(H,20,21). The van der Waals surface area contributed by atoms with Crippen LogP contribution in [-0.2, 0) is 9.53 Å². The number of ether oxygens (including phenoxy) is 1. The highest BCUT2D eigenvalue weighted by molar-refractivity contribution is 5.96. The highest BCUT2D eigenvalue weighted by atomic mass is 16.5. The van der Waals surface area contributed by atoms with Crippen molar-refractivity contribution in [3.63, 3.8) is 0 Å². The van der Waals surface area contributed by atoms with E-state index in [1.807, 2.05) is 19.9 Å². The molecule has 2 aromatic rings. The van der Waals surface area contributed by atoms with Crippen molar-refractivity contribution >= 4 is 23.5 Å². The maximum atomic E-state index is 12.0. The molecule has 24 heavy (non-hydrogen) atoms. The lowest BCUT2D eigenvalue weighted by Crippen LogP contribution is -2.21. The highest BCUT2D eigenvalue weighted by Crippen LogP contribution is 2.11. The molecule has 6 nitrogen and oxygen atoms in total. The average Bonchev–Trinajstić information content (AvgIpc) is 2.52. The van der Waals surface area contributed by atoms with Crippen molar-refractivity contribution in [2.75, 3.05) is 11.9 Å². The molecule has 2 rings (SSSR count). The molecule has 0 fully saturated rings. The van der Waals surface area contributed by atoms with Gasteiger partial charge in [0.05, 0.1) is 5.56 Å². The van der Waals surface area contributed by atoms with Gasteiger partial charge < -0.3 is 15.8 Å². The van der Waals surface area contributed by atoms with Gasteiger partial charge in [-0.3, -0.25) is 9.59 Å². The van der Waals surface area contributed by atoms with E-state index in [0.717, 1.165) is 11.1 Å². The number of nitrogens with one attached hydrogen (secondary N) is 1. The summed E-state index contributed by atoms with van der Waals surface area (Å²) >= 11 is 0. The van der Waals surface area contributed by atoms with Gasteiger partial charge in [0.25, 0.3) is 5.91 Å². The third kappa shape index (κ3) is 4.67. The molecule has 0 heterocycles. The summed E-state index contributed by atoms with van der Waals surface area (Å²) in [6.07, 6.45) is 0. The second kappa shape index (κ2) is 7.41. The number of benzene rings is 2. The number of nitrogens with two attached hydrogens (primary N) is 1. The van der Waals surface area contributed by atoms with Crippen LogP contribution in [-0.4, -0.2) is 24.4 Å². The third-order valence-electron chi connectivity index (χ3n) is 3.24. The van der Waals surface area contributed by atoms with Crippen molar-refractivity contribution < 1.29 is 19.1 Å². The van der Waals surface area contributed by atoms with Crippen LogP contribution >= 0.6 is 0 Å². The number of carbonyl (C=O) groups is 3. The minimum Gasteiger partial charge on any atom is -0.452 e. The summed E-state index contributed by atoms with van der Waals surface area (Å²) in [7, 11) is 0. The number of esters is 1. The van der Waals surface area contributed by atoms with Gasteiger partial charge in [-0.05, 0) is 50.2 Å². The lowest BCUT2D eigenvalue weighted by molar-refractivity contribution is -0.119. The quantitative estimate of drug-likeness (QED) is 0.823. The maximum absolute atomic E-state index is 12.0. The number of hydrogen-bond donors (Lipinski definition) is 2. The number of carbonyl (C=O) groups excluding carboxylic acids is 3. The predicted molar refractivity (Wildman–Crippen MR) is 89.8 cm³/mol. The number of primary amides is 1. The van der Waals surface area contributed by atoms with Gasteiger partial charge >= 0.3 is 5.97 Å². The Hall–Kier alpha value is -3.15. The zero-order valence-electron chi connectivity index (χ0n) is 13.5. The highest BCUT2D eigenvalue weighted by Gasteiger charge is 2.11. The number of aryl methyl sites for hydroxylation is 2. The number of rotatable bonds is 5. The van der Waals surface area contributed by atoms with Crippen LogP contribution in [0.5, 0.6) is 0 Å². The van der Waals surface area contributed by atoms with Gasteiger partial charge in [0.1, 0.15) is 0 Å². The second-order valence-corrected chi connectivity index (χ2v) is 5.44. The zero-order chi connectivity index (χ0) is 17.7. The molecule has 0 bridgehead atoms. The summed E-state index contributed by atoms with van der Waals surface area (Å²) < 4.78 is 5.01. The summed E-state index contributed by atoms with van der Waals surface area (Å²) in [4.78, 5) is 34.8. The van der Waals surface area contributed by atoms with Gasteiger partial charge in [-0.1, -0.05) is 17.2 Å². The van der Waals surface area contributed by atoms with E-state index >= 15 is 0 Å². The molecule has 3 N–H and O–H groups in total.